The molecule has 0 saturated heterocycles. The van der Waals surface area contributed by atoms with E-state index in [2.05, 4.69) is 22.4 Å². The lowest BCUT2D eigenvalue weighted by molar-refractivity contribution is 0.102. The Bertz CT molecular complexity index is 720. The van der Waals surface area contributed by atoms with Crippen LogP contribution in [0.25, 0.3) is 0 Å². The van der Waals surface area contributed by atoms with Crippen LogP contribution in [0.3, 0.4) is 0 Å². The van der Waals surface area contributed by atoms with Crippen LogP contribution in [0.5, 0.6) is 11.5 Å². The maximum atomic E-state index is 12.4. The molecule has 0 fully saturated rings. The van der Waals surface area contributed by atoms with Crippen molar-refractivity contribution >= 4 is 34.0 Å². The fourth-order valence-electron chi connectivity index (χ4n) is 2.15. The van der Waals surface area contributed by atoms with E-state index in [-0.39, 0.29) is 5.91 Å². The maximum Gasteiger partial charge on any atom is 0.257 e. The van der Waals surface area contributed by atoms with E-state index in [0.29, 0.717) is 40.4 Å². The second-order valence-corrected chi connectivity index (χ2v) is 6.51. The van der Waals surface area contributed by atoms with Crippen LogP contribution in [0.15, 0.2) is 12.1 Å². The Morgan fingerprint density at radius 3 is 3.00 bits per heavy atom. The molecule has 0 radical (unpaired) electrons. The molecule has 23 heavy (non-hydrogen) atoms. The predicted molar refractivity (Wildman–Crippen MR) is 88.9 cm³/mol. The van der Waals surface area contributed by atoms with Gasteiger partial charge in [-0.1, -0.05) is 29.9 Å². The van der Waals surface area contributed by atoms with Crippen LogP contribution >= 0.6 is 22.9 Å². The van der Waals surface area contributed by atoms with E-state index in [9.17, 15) is 4.79 Å². The van der Waals surface area contributed by atoms with Gasteiger partial charge in [0.15, 0.2) is 11.5 Å². The van der Waals surface area contributed by atoms with Crippen molar-refractivity contribution in [3.05, 3.63) is 27.7 Å². The van der Waals surface area contributed by atoms with E-state index in [4.69, 9.17) is 21.1 Å². The summed E-state index contributed by atoms with van der Waals surface area (Å²) in [6.45, 7) is 3.15. The van der Waals surface area contributed by atoms with E-state index in [1.54, 1.807) is 12.1 Å². The monoisotopic (exact) mass is 353 g/mol. The number of halogens is 1. The zero-order valence-electron chi connectivity index (χ0n) is 12.6. The quantitative estimate of drug-likeness (QED) is 0.909. The molecule has 8 heteroatoms. The van der Waals surface area contributed by atoms with Gasteiger partial charge >= 0.3 is 0 Å². The standard InChI is InChI=1S/C15H16ClN3O3S/c1-2-4-12-18-19-15(23-12)17-14(20)9-7-10(16)13-11(8-9)21-5-3-6-22-13/h7-8H,2-6H2,1H3,(H,17,19,20). The number of fused-ring (bicyclic) bond motifs is 1. The minimum atomic E-state index is -0.304. The van der Waals surface area contributed by atoms with Gasteiger partial charge in [0.05, 0.1) is 18.2 Å². The van der Waals surface area contributed by atoms with Crippen LogP contribution < -0.4 is 14.8 Å². The molecule has 0 aliphatic carbocycles. The van der Waals surface area contributed by atoms with Gasteiger partial charge in [-0.25, -0.2) is 0 Å². The first-order chi connectivity index (χ1) is 11.2. The molecule has 2 heterocycles. The number of ether oxygens (including phenoxy) is 2. The summed E-state index contributed by atoms with van der Waals surface area (Å²) in [7, 11) is 0. The molecular weight excluding hydrogens is 338 g/mol. The Hall–Kier alpha value is -1.86. The lowest BCUT2D eigenvalue weighted by atomic mass is 10.2. The highest BCUT2D eigenvalue weighted by Gasteiger charge is 2.19. The summed E-state index contributed by atoms with van der Waals surface area (Å²) in [4.78, 5) is 12.4. The largest absolute Gasteiger partial charge is 0.489 e. The van der Waals surface area contributed by atoms with Gasteiger partial charge in [0.2, 0.25) is 5.13 Å². The number of aromatic nitrogens is 2. The minimum Gasteiger partial charge on any atom is -0.489 e. The third kappa shape index (κ3) is 3.73. The summed E-state index contributed by atoms with van der Waals surface area (Å²) >= 11 is 7.58. The topological polar surface area (TPSA) is 73.3 Å². The summed E-state index contributed by atoms with van der Waals surface area (Å²) in [5.74, 6) is 0.674. The average Bonchev–Trinajstić information content (AvgIpc) is 2.82. The number of rotatable bonds is 4. The number of benzene rings is 1. The number of aryl methyl sites for hydroxylation is 1. The summed E-state index contributed by atoms with van der Waals surface area (Å²) in [5.41, 5.74) is 0.395. The van der Waals surface area contributed by atoms with Crippen molar-refractivity contribution in [2.24, 2.45) is 0 Å². The first kappa shape index (κ1) is 16.0. The normalized spacial score (nSPS) is 13.5. The Balaban J connectivity index is 1.79. The lowest BCUT2D eigenvalue weighted by Gasteiger charge is -2.11. The molecule has 1 aromatic carbocycles. The number of carbonyl (C=O) groups excluding carboxylic acids is 1. The van der Waals surface area contributed by atoms with Crippen LogP contribution in [0.1, 0.15) is 35.1 Å². The number of nitrogens with zero attached hydrogens (tertiary/aromatic N) is 2. The highest BCUT2D eigenvalue weighted by molar-refractivity contribution is 7.15. The van der Waals surface area contributed by atoms with Crippen molar-refractivity contribution in [2.75, 3.05) is 18.5 Å². The number of nitrogens with one attached hydrogen (secondary N) is 1. The van der Waals surface area contributed by atoms with E-state index in [1.165, 1.54) is 11.3 Å². The van der Waals surface area contributed by atoms with Gasteiger partial charge in [-0.15, -0.1) is 10.2 Å². The van der Waals surface area contributed by atoms with Crippen molar-refractivity contribution in [2.45, 2.75) is 26.2 Å². The van der Waals surface area contributed by atoms with Crippen molar-refractivity contribution in [1.82, 2.24) is 10.2 Å². The van der Waals surface area contributed by atoms with E-state index < -0.39 is 0 Å². The number of hydrogen-bond donors (Lipinski definition) is 1. The third-order valence-electron chi connectivity index (χ3n) is 3.22. The second kappa shape index (κ2) is 7.14. The zero-order chi connectivity index (χ0) is 16.2. The summed E-state index contributed by atoms with van der Waals surface area (Å²) in [6.07, 6.45) is 2.61. The van der Waals surface area contributed by atoms with Gasteiger partial charge in [-0.3, -0.25) is 10.1 Å². The first-order valence-electron chi connectivity index (χ1n) is 7.40. The molecule has 0 saturated carbocycles. The maximum absolute atomic E-state index is 12.4. The van der Waals surface area contributed by atoms with Crippen LogP contribution in [-0.4, -0.2) is 29.3 Å². The van der Waals surface area contributed by atoms with Crippen LogP contribution in [0.4, 0.5) is 5.13 Å². The Labute approximate surface area is 142 Å². The molecule has 0 atom stereocenters. The predicted octanol–water partition coefficient (Wildman–Crippen LogP) is 3.56. The molecule has 0 spiro atoms. The van der Waals surface area contributed by atoms with Gasteiger partial charge in [-0.05, 0) is 18.6 Å². The number of hydrogen-bond acceptors (Lipinski definition) is 6. The van der Waals surface area contributed by atoms with Crippen LogP contribution in [0, 0.1) is 0 Å². The van der Waals surface area contributed by atoms with Crippen LogP contribution in [-0.2, 0) is 6.42 Å². The SMILES string of the molecule is CCCc1nnc(NC(=O)c2cc(Cl)c3c(c2)OCCCO3)s1. The van der Waals surface area contributed by atoms with Gasteiger partial charge in [0, 0.05) is 18.4 Å². The second-order valence-electron chi connectivity index (χ2n) is 5.04. The zero-order valence-corrected chi connectivity index (χ0v) is 14.2. The molecular formula is C15H16ClN3O3S. The molecule has 3 rings (SSSR count). The summed E-state index contributed by atoms with van der Waals surface area (Å²) in [6, 6.07) is 3.20. The molecule has 1 aliphatic rings. The Kier molecular flexibility index (Phi) is 4.97. The molecule has 0 unspecified atom stereocenters. The fraction of sp³-hybridized carbons (Fsp3) is 0.400. The van der Waals surface area contributed by atoms with E-state index in [0.717, 1.165) is 24.3 Å². The van der Waals surface area contributed by atoms with Crippen molar-refractivity contribution < 1.29 is 14.3 Å². The van der Waals surface area contributed by atoms with Crippen LogP contribution in [0.2, 0.25) is 5.02 Å². The molecule has 0 bridgehead atoms. The number of amides is 1. The number of anilines is 1. The molecule has 1 aliphatic heterocycles. The first-order valence-corrected chi connectivity index (χ1v) is 8.59. The highest BCUT2D eigenvalue weighted by Crippen LogP contribution is 2.38. The number of carbonyl (C=O) groups is 1. The van der Waals surface area contributed by atoms with Crippen molar-refractivity contribution in [3.63, 3.8) is 0 Å². The molecule has 1 aromatic heterocycles. The summed E-state index contributed by atoms with van der Waals surface area (Å²) in [5, 5.41) is 12.5. The van der Waals surface area contributed by atoms with Gasteiger partial charge in [0.25, 0.3) is 5.91 Å². The van der Waals surface area contributed by atoms with Crippen molar-refractivity contribution in [3.8, 4) is 11.5 Å². The Morgan fingerprint density at radius 2 is 2.17 bits per heavy atom. The molecule has 2 aromatic rings. The Morgan fingerprint density at radius 1 is 1.35 bits per heavy atom. The summed E-state index contributed by atoms with van der Waals surface area (Å²) < 4.78 is 11.1. The van der Waals surface area contributed by atoms with E-state index in [1.807, 2.05) is 0 Å². The van der Waals surface area contributed by atoms with Crippen molar-refractivity contribution in [1.29, 1.82) is 0 Å². The van der Waals surface area contributed by atoms with Gasteiger partial charge < -0.3 is 9.47 Å². The molecule has 1 amide bonds. The molecule has 1 N–H and O–H groups in total. The van der Waals surface area contributed by atoms with Gasteiger partial charge in [-0.2, -0.15) is 0 Å². The smallest absolute Gasteiger partial charge is 0.257 e. The van der Waals surface area contributed by atoms with E-state index >= 15 is 0 Å². The molecule has 122 valence electrons. The third-order valence-corrected chi connectivity index (χ3v) is 4.39. The minimum absolute atomic E-state index is 0.304. The average molecular weight is 354 g/mol. The lowest BCUT2D eigenvalue weighted by Crippen LogP contribution is -2.12. The fourth-order valence-corrected chi connectivity index (χ4v) is 3.25. The molecule has 6 nitrogen and oxygen atoms in total. The highest BCUT2D eigenvalue weighted by atomic mass is 35.5. The van der Waals surface area contributed by atoms with Gasteiger partial charge in [0.1, 0.15) is 5.01 Å².